The Labute approximate surface area is 70.6 Å². The summed E-state index contributed by atoms with van der Waals surface area (Å²) in [5.41, 5.74) is 14.7. The SMILES string of the molecule is CC(C)ONC(N)=NNC(=N)N. The van der Waals surface area contributed by atoms with Crippen molar-refractivity contribution in [2.24, 2.45) is 16.6 Å². The maximum atomic E-state index is 6.74. The van der Waals surface area contributed by atoms with E-state index in [0.29, 0.717) is 0 Å². The minimum Gasteiger partial charge on any atom is -0.369 e. The van der Waals surface area contributed by atoms with Crippen molar-refractivity contribution in [3.05, 3.63) is 0 Å². The van der Waals surface area contributed by atoms with Crippen LogP contribution < -0.4 is 22.4 Å². The number of nitrogens with zero attached hydrogens (tertiary/aromatic N) is 1. The Bertz CT molecular complexity index is 177. The maximum Gasteiger partial charge on any atom is 0.235 e. The Morgan fingerprint density at radius 2 is 2.08 bits per heavy atom. The molecule has 0 atom stereocenters. The van der Waals surface area contributed by atoms with Gasteiger partial charge in [0.2, 0.25) is 11.9 Å². The molecule has 0 fully saturated rings. The van der Waals surface area contributed by atoms with Crippen LogP contribution >= 0.6 is 0 Å². The first kappa shape index (κ1) is 10.5. The van der Waals surface area contributed by atoms with Crippen LogP contribution in [0.25, 0.3) is 0 Å². The summed E-state index contributed by atoms with van der Waals surface area (Å²) in [5.74, 6) is -0.275. The van der Waals surface area contributed by atoms with Crippen LogP contribution in [0.5, 0.6) is 0 Å². The lowest BCUT2D eigenvalue weighted by Gasteiger charge is -2.08. The van der Waals surface area contributed by atoms with Crippen LogP contribution in [0.4, 0.5) is 0 Å². The van der Waals surface area contributed by atoms with Gasteiger partial charge in [0.15, 0.2) is 0 Å². The first-order valence-corrected chi connectivity index (χ1v) is 3.37. The minimum atomic E-state index is -0.288. The van der Waals surface area contributed by atoms with Gasteiger partial charge in [-0.2, -0.15) is 0 Å². The summed E-state index contributed by atoms with van der Waals surface area (Å²) >= 11 is 0. The molecule has 70 valence electrons. The van der Waals surface area contributed by atoms with Crippen LogP contribution in [0.3, 0.4) is 0 Å². The Morgan fingerprint density at radius 3 is 2.50 bits per heavy atom. The number of hydroxylamine groups is 1. The zero-order valence-corrected chi connectivity index (χ0v) is 7.09. The van der Waals surface area contributed by atoms with Gasteiger partial charge in [-0.15, -0.1) is 5.10 Å². The summed E-state index contributed by atoms with van der Waals surface area (Å²) in [6.45, 7) is 3.66. The van der Waals surface area contributed by atoms with Crippen LogP contribution in [0.2, 0.25) is 0 Å². The summed E-state index contributed by atoms with van der Waals surface area (Å²) in [6, 6.07) is 0. The highest BCUT2D eigenvalue weighted by molar-refractivity contribution is 5.80. The second-order valence-corrected chi connectivity index (χ2v) is 2.29. The van der Waals surface area contributed by atoms with Gasteiger partial charge in [-0.1, -0.05) is 0 Å². The van der Waals surface area contributed by atoms with Crippen molar-refractivity contribution in [3.8, 4) is 0 Å². The van der Waals surface area contributed by atoms with Crippen molar-refractivity contribution in [2.75, 3.05) is 0 Å². The predicted molar refractivity (Wildman–Crippen MR) is 46.0 cm³/mol. The molecule has 0 aliphatic heterocycles. The Balaban J connectivity index is 3.63. The van der Waals surface area contributed by atoms with Gasteiger partial charge < -0.3 is 11.5 Å². The largest absolute Gasteiger partial charge is 0.369 e. The quantitative estimate of drug-likeness (QED) is 0.205. The van der Waals surface area contributed by atoms with Gasteiger partial charge in [0.1, 0.15) is 0 Å². The molecule has 0 radical (unpaired) electrons. The molecule has 7 N–H and O–H groups in total. The topological polar surface area (TPSA) is 122 Å². The normalized spacial score (nSPS) is 11.4. The maximum absolute atomic E-state index is 6.74. The van der Waals surface area contributed by atoms with Crippen LogP contribution in [-0.4, -0.2) is 18.0 Å². The molecule has 0 saturated heterocycles. The van der Waals surface area contributed by atoms with Crippen LogP contribution in [0.1, 0.15) is 13.8 Å². The molecule has 7 heteroatoms. The second kappa shape index (κ2) is 5.19. The number of rotatable bonds is 3. The van der Waals surface area contributed by atoms with Gasteiger partial charge in [0.25, 0.3) is 0 Å². The van der Waals surface area contributed by atoms with Crippen molar-refractivity contribution in [2.45, 2.75) is 20.0 Å². The Kier molecular flexibility index (Phi) is 4.54. The molecule has 0 aromatic carbocycles. The highest BCUT2D eigenvalue weighted by atomic mass is 16.7. The Morgan fingerprint density at radius 1 is 1.50 bits per heavy atom. The number of hydrogen-bond donors (Lipinski definition) is 5. The van der Waals surface area contributed by atoms with Crippen molar-refractivity contribution in [1.82, 2.24) is 10.9 Å². The lowest BCUT2D eigenvalue weighted by molar-refractivity contribution is 0.0323. The first-order valence-electron chi connectivity index (χ1n) is 3.37. The van der Waals surface area contributed by atoms with Gasteiger partial charge in [-0.25, -0.2) is 10.9 Å². The number of nitrogens with two attached hydrogens (primary N) is 2. The third kappa shape index (κ3) is 6.62. The van der Waals surface area contributed by atoms with E-state index in [2.05, 4.69) is 16.0 Å². The summed E-state index contributed by atoms with van der Waals surface area (Å²) in [5, 5.41) is 10.2. The van der Waals surface area contributed by atoms with E-state index in [-0.39, 0.29) is 18.0 Å². The fourth-order valence-electron chi connectivity index (χ4n) is 0.321. The molecular weight excluding hydrogens is 160 g/mol. The first-order chi connectivity index (χ1) is 5.52. The molecule has 7 nitrogen and oxygen atoms in total. The monoisotopic (exact) mass is 174 g/mol. The highest BCUT2D eigenvalue weighted by Crippen LogP contribution is 1.80. The molecule has 0 rings (SSSR count). The smallest absolute Gasteiger partial charge is 0.235 e. The van der Waals surface area contributed by atoms with E-state index in [1.165, 1.54) is 0 Å². The van der Waals surface area contributed by atoms with Crippen molar-refractivity contribution >= 4 is 11.9 Å². The van der Waals surface area contributed by atoms with E-state index < -0.39 is 0 Å². The zero-order valence-electron chi connectivity index (χ0n) is 7.09. The van der Waals surface area contributed by atoms with Crippen LogP contribution in [-0.2, 0) is 4.84 Å². The van der Waals surface area contributed by atoms with Gasteiger partial charge in [0, 0.05) is 0 Å². The standard InChI is InChI=1S/C5H14N6O/c1-3(2)12-11-5(8)10-9-4(6)7/h3H,1-2H3,(H4,6,7,9)(H3,8,10,11). The summed E-state index contributed by atoms with van der Waals surface area (Å²) < 4.78 is 0. The molecule has 12 heavy (non-hydrogen) atoms. The zero-order chi connectivity index (χ0) is 9.56. The third-order valence-corrected chi connectivity index (χ3v) is 0.696. The van der Waals surface area contributed by atoms with Gasteiger partial charge in [-0.3, -0.25) is 10.2 Å². The lowest BCUT2D eigenvalue weighted by atomic mass is 10.5. The van der Waals surface area contributed by atoms with Crippen LogP contribution in [0.15, 0.2) is 5.10 Å². The number of guanidine groups is 2. The van der Waals surface area contributed by atoms with E-state index in [1.807, 2.05) is 13.8 Å². The fourth-order valence-corrected chi connectivity index (χ4v) is 0.321. The van der Waals surface area contributed by atoms with Crippen molar-refractivity contribution < 1.29 is 4.84 Å². The van der Waals surface area contributed by atoms with E-state index in [1.54, 1.807) is 0 Å². The molecule has 0 saturated carbocycles. The molecular formula is C5H14N6O. The average molecular weight is 174 g/mol. The second-order valence-electron chi connectivity index (χ2n) is 2.29. The van der Waals surface area contributed by atoms with Crippen molar-refractivity contribution in [3.63, 3.8) is 0 Å². The van der Waals surface area contributed by atoms with E-state index >= 15 is 0 Å². The van der Waals surface area contributed by atoms with Gasteiger partial charge in [-0.05, 0) is 13.8 Å². The highest BCUT2D eigenvalue weighted by Gasteiger charge is 1.94. The summed E-state index contributed by atoms with van der Waals surface area (Å²) in [7, 11) is 0. The molecule has 0 spiro atoms. The van der Waals surface area contributed by atoms with E-state index in [4.69, 9.17) is 21.7 Å². The molecule has 0 amide bonds. The molecule has 0 bridgehead atoms. The summed E-state index contributed by atoms with van der Waals surface area (Å²) in [4.78, 5) is 4.88. The Hall–Kier alpha value is -1.50. The molecule has 0 unspecified atom stereocenters. The van der Waals surface area contributed by atoms with Crippen LogP contribution in [0, 0.1) is 5.41 Å². The minimum absolute atomic E-state index is 0.00363. The van der Waals surface area contributed by atoms with Gasteiger partial charge in [0.05, 0.1) is 6.10 Å². The number of hydrogen-bond acceptors (Lipinski definition) is 3. The van der Waals surface area contributed by atoms with Crippen molar-refractivity contribution in [1.29, 1.82) is 5.41 Å². The van der Waals surface area contributed by atoms with E-state index in [0.717, 1.165) is 0 Å². The molecule has 0 aliphatic carbocycles. The third-order valence-electron chi connectivity index (χ3n) is 0.696. The fraction of sp³-hybridized carbons (Fsp3) is 0.600. The molecule has 0 aromatic heterocycles. The molecule has 0 heterocycles. The van der Waals surface area contributed by atoms with Gasteiger partial charge >= 0.3 is 0 Å². The van der Waals surface area contributed by atoms with E-state index in [9.17, 15) is 0 Å². The lowest BCUT2D eigenvalue weighted by Crippen LogP contribution is -2.37. The summed E-state index contributed by atoms with van der Waals surface area (Å²) in [6.07, 6.45) is -0.00363. The molecule has 0 aromatic rings. The number of nitrogens with one attached hydrogen (secondary N) is 3. The molecule has 0 aliphatic rings. The average Bonchev–Trinajstić information content (AvgIpc) is 1.96. The number of hydrazone groups is 1. The predicted octanol–water partition coefficient (Wildman–Crippen LogP) is -1.37.